The zero-order valence-electron chi connectivity index (χ0n) is 13.6. The van der Waals surface area contributed by atoms with Gasteiger partial charge in [-0.3, -0.25) is 4.90 Å². The van der Waals surface area contributed by atoms with Gasteiger partial charge in [-0.25, -0.2) is 0 Å². The lowest BCUT2D eigenvalue weighted by Gasteiger charge is -2.28. The zero-order valence-corrected chi connectivity index (χ0v) is 13.6. The SMILES string of the molecule is Cc1cccc(C)c1OC[C@@H](c1ccccc1)N1CCCC1. The van der Waals surface area contributed by atoms with Crippen molar-refractivity contribution in [3.05, 3.63) is 65.2 Å². The van der Waals surface area contributed by atoms with Crippen LogP contribution in [0.1, 0.15) is 35.6 Å². The lowest BCUT2D eigenvalue weighted by molar-refractivity contribution is 0.160. The molecule has 0 unspecified atom stereocenters. The summed E-state index contributed by atoms with van der Waals surface area (Å²) < 4.78 is 6.25. The second-order valence-electron chi connectivity index (χ2n) is 6.20. The van der Waals surface area contributed by atoms with Crippen LogP contribution >= 0.6 is 0 Å². The molecular weight excluding hydrogens is 270 g/mol. The predicted octanol–water partition coefficient (Wildman–Crippen LogP) is 4.52. The Balaban J connectivity index is 1.78. The third kappa shape index (κ3) is 3.33. The molecule has 2 nitrogen and oxygen atoms in total. The highest BCUT2D eigenvalue weighted by atomic mass is 16.5. The molecule has 1 aliphatic heterocycles. The summed E-state index contributed by atoms with van der Waals surface area (Å²) in [6, 6.07) is 17.4. The van der Waals surface area contributed by atoms with Gasteiger partial charge in [0, 0.05) is 0 Å². The quantitative estimate of drug-likeness (QED) is 0.804. The van der Waals surface area contributed by atoms with Gasteiger partial charge < -0.3 is 4.74 Å². The molecule has 0 N–H and O–H groups in total. The number of nitrogens with zero attached hydrogens (tertiary/aromatic N) is 1. The van der Waals surface area contributed by atoms with Crippen molar-refractivity contribution < 1.29 is 4.74 Å². The van der Waals surface area contributed by atoms with Gasteiger partial charge in [0.1, 0.15) is 12.4 Å². The molecule has 22 heavy (non-hydrogen) atoms. The highest BCUT2D eigenvalue weighted by molar-refractivity contribution is 5.39. The van der Waals surface area contributed by atoms with Gasteiger partial charge in [-0.15, -0.1) is 0 Å². The van der Waals surface area contributed by atoms with Gasteiger partial charge in [0.25, 0.3) is 0 Å². The number of aryl methyl sites for hydroxylation is 2. The summed E-state index contributed by atoms with van der Waals surface area (Å²) in [4.78, 5) is 2.56. The first-order valence-electron chi connectivity index (χ1n) is 8.24. The van der Waals surface area contributed by atoms with Gasteiger partial charge >= 0.3 is 0 Å². The maximum absolute atomic E-state index is 6.25. The van der Waals surface area contributed by atoms with E-state index in [0.29, 0.717) is 6.04 Å². The van der Waals surface area contributed by atoms with Crippen LogP contribution in [0.4, 0.5) is 0 Å². The number of rotatable bonds is 5. The van der Waals surface area contributed by atoms with E-state index in [4.69, 9.17) is 4.74 Å². The zero-order chi connectivity index (χ0) is 15.4. The van der Waals surface area contributed by atoms with Crippen molar-refractivity contribution in [3.8, 4) is 5.75 Å². The van der Waals surface area contributed by atoms with E-state index in [1.807, 2.05) is 0 Å². The fourth-order valence-electron chi connectivity index (χ4n) is 3.33. The second kappa shape index (κ2) is 6.97. The van der Waals surface area contributed by atoms with Crippen molar-refractivity contribution in [2.75, 3.05) is 19.7 Å². The summed E-state index contributed by atoms with van der Waals surface area (Å²) in [5, 5.41) is 0. The Kier molecular flexibility index (Phi) is 4.79. The Hall–Kier alpha value is -1.80. The van der Waals surface area contributed by atoms with Crippen molar-refractivity contribution in [1.29, 1.82) is 0 Å². The van der Waals surface area contributed by atoms with E-state index >= 15 is 0 Å². The molecule has 116 valence electrons. The molecule has 0 aliphatic carbocycles. The topological polar surface area (TPSA) is 12.5 Å². The van der Waals surface area contributed by atoms with Crippen LogP contribution < -0.4 is 4.74 Å². The molecule has 0 spiro atoms. The number of para-hydroxylation sites is 1. The lowest BCUT2D eigenvalue weighted by Crippen LogP contribution is -2.30. The summed E-state index contributed by atoms with van der Waals surface area (Å²) in [6.07, 6.45) is 2.60. The predicted molar refractivity (Wildman–Crippen MR) is 91.4 cm³/mol. The first-order valence-corrected chi connectivity index (χ1v) is 8.24. The van der Waals surface area contributed by atoms with Crippen LogP contribution in [-0.2, 0) is 0 Å². The average Bonchev–Trinajstić information content (AvgIpc) is 3.05. The fraction of sp³-hybridized carbons (Fsp3) is 0.400. The highest BCUT2D eigenvalue weighted by Crippen LogP contribution is 2.28. The summed E-state index contributed by atoms with van der Waals surface area (Å²) in [7, 11) is 0. The minimum absolute atomic E-state index is 0.350. The van der Waals surface area contributed by atoms with Gasteiger partial charge in [0.05, 0.1) is 6.04 Å². The van der Waals surface area contributed by atoms with E-state index in [1.165, 1.54) is 42.6 Å². The summed E-state index contributed by atoms with van der Waals surface area (Å²) in [6.45, 7) is 7.31. The fourth-order valence-corrected chi connectivity index (χ4v) is 3.33. The number of likely N-dealkylation sites (tertiary alicyclic amines) is 1. The number of hydrogen-bond donors (Lipinski definition) is 0. The van der Waals surface area contributed by atoms with Gasteiger partial charge in [-0.05, 0) is 56.5 Å². The molecule has 1 heterocycles. The first-order chi connectivity index (χ1) is 10.8. The van der Waals surface area contributed by atoms with Gasteiger partial charge in [0.2, 0.25) is 0 Å². The van der Waals surface area contributed by atoms with Crippen LogP contribution in [-0.4, -0.2) is 24.6 Å². The van der Waals surface area contributed by atoms with E-state index < -0.39 is 0 Å². The van der Waals surface area contributed by atoms with Crippen molar-refractivity contribution in [2.45, 2.75) is 32.7 Å². The molecule has 1 atom stereocenters. The maximum atomic E-state index is 6.25. The molecule has 0 amide bonds. The normalized spacial score (nSPS) is 16.6. The van der Waals surface area contributed by atoms with Gasteiger partial charge in [-0.2, -0.15) is 0 Å². The van der Waals surface area contributed by atoms with Gasteiger partial charge in [0.15, 0.2) is 0 Å². The number of benzene rings is 2. The van der Waals surface area contributed by atoms with Crippen LogP contribution in [0.5, 0.6) is 5.75 Å². The Bertz CT molecular complexity index is 582. The molecule has 0 radical (unpaired) electrons. The van der Waals surface area contributed by atoms with Crippen molar-refractivity contribution in [1.82, 2.24) is 4.90 Å². The number of hydrogen-bond acceptors (Lipinski definition) is 2. The molecule has 0 saturated carbocycles. The molecular formula is C20H25NO. The third-order valence-electron chi connectivity index (χ3n) is 4.56. The molecule has 1 fully saturated rings. The van der Waals surface area contributed by atoms with Gasteiger partial charge in [-0.1, -0.05) is 48.5 Å². The average molecular weight is 295 g/mol. The molecule has 2 aromatic rings. The first kappa shape index (κ1) is 15.1. The maximum Gasteiger partial charge on any atom is 0.125 e. The molecule has 0 aromatic heterocycles. The minimum Gasteiger partial charge on any atom is -0.491 e. The van der Waals surface area contributed by atoms with E-state index in [0.717, 1.165) is 12.4 Å². The van der Waals surface area contributed by atoms with E-state index in [-0.39, 0.29) is 0 Å². The standard InChI is InChI=1S/C20H25NO/c1-16-9-8-10-17(2)20(16)22-15-19(21-13-6-7-14-21)18-11-4-3-5-12-18/h3-5,8-12,19H,6-7,13-15H2,1-2H3/t19-/m0/s1. The molecule has 2 aromatic carbocycles. The summed E-state index contributed by atoms with van der Waals surface area (Å²) in [5.74, 6) is 1.04. The van der Waals surface area contributed by atoms with E-state index in [2.05, 4.69) is 67.3 Å². The summed E-state index contributed by atoms with van der Waals surface area (Å²) in [5.41, 5.74) is 3.79. The molecule has 2 heteroatoms. The molecule has 1 aliphatic rings. The van der Waals surface area contributed by atoms with Crippen LogP contribution in [0.2, 0.25) is 0 Å². The summed E-state index contributed by atoms with van der Waals surface area (Å²) >= 11 is 0. The van der Waals surface area contributed by atoms with Crippen LogP contribution in [0, 0.1) is 13.8 Å². The molecule has 0 bridgehead atoms. The largest absolute Gasteiger partial charge is 0.491 e. The van der Waals surface area contributed by atoms with Crippen molar-refractivity contribution in [2.24, 2.45) is 0 Å². The van der Waals surface area contributed by atoms with Crippen LogP contribution in [0.15, 0.2) is 48.5 Å². The minimum atomic E-state index is 0.350. The smallest absolute Gasteiger partial charge is 0.125 e. The Morgan fingerprint density at radius 3 is 2.18 bits per heavy atom. The van der Waals surface area contributed by atoms with E-state index in [1.54, 1.807) is 0 Å². The Labute approximate surface area is 133 Å². The lowest BCUT2D eigenvalue weighted by atomic mass is 10.1. The third-order valence-corrected chi connectivity index (χ3v) is 4.56. The Morgan fingerprint density at radius 1 is 0.909 bits per heavy atom. The highest BCUT2D eigenvalue weighted by Gasteiger charge is 2.24. The van der Waals surface area contributed by atoms with Crippen LogP contribution in [0.25, 0.3) is 0 Å². The molecule has 3 rings (SSSR count). The Morgan fingerprint density at radius 2 is 1.55 bits per heavy atom. The molecule has 1 saturated heterocycles. The van der Waals surface area contributed by atoms with Crippen molar-refractivity contribution >= 4 is 0 Å². The van der Waals surface area contributed by atoms with E-state index in [9.17, 15) is 0 Å². The monoisotopic (exact) mass is 295 g/mol. The second-order valence-corrected chi connectivity index (χ2v) is 6.20. The van der Waals surface area contributed by atoms with Crippen LogP contribution in [0.3, 0.4) is 0 Å². The van der Waals surface area contributed by atoms with Crippen molar-refractivity contribution in [3.63, 3.8) is 0 Å². The number of ether oxygens (including phenoxy) is 1.